The number of esters is 1. The van der Waals surface area contributed by atoms with Gasteiger partial charge in [0.25, 0.3) is 0 Å². The second-order valence-electron chi connectivity index (χ2n) is 6.92. The van der Waals surface area contributed by atoms with E-state index in [2.05, 4.69) is 12.2 Å². The molecule has 4 heteroatoms. The third kappa shape index (κ3) is 2.05. The van der Waals surface area contributed by atoms with Gasteiger partial charge in [-0.1, -0.05) is 54.1 Å². The largest absolute Gasteiger partial charge is 0.405 e. The summed E-state index contributed by atoms with van der Waals surface area (Å²) in [6.07, 6.45) is 5.29. The predicted molar refractivity (Wildman–Crippen MR) is 96.7 cm³/mol. The molecule has 0 amide bonds. The van der Waals surface area contributed by atoms with Crippen molar-refractivity contribution in [3.63, 3.8) is 0 Å². The summed E-state index contributed by atoms with van der Waals surface area (Å²) < 4.78 is 5.66. The summed E-state index contributed by atoms with van der Waals surface area (Å²) in [6.45, 7) is 0. The van der Waals surface area contributed by atoms with Gasteiger partial charge >= 0.3 is 5.97 Å². The maximum atomic E-state index is 13.0. The van der Waals surface area contributed by atoms with Crippen LogP contribution < -0.4 is 0 Å². The molecule has 2 aromatic rings. The van der Waals surface area contributed by atoms with E-state index in [-0.39, 0.29) is 17.8 Å². The fourth-order valence-corrected chi connectivity index (χ4v) is 4.70. The number of carbonyl (C=O) groups excluding carboxylic acids is 1. The van der Waals surface area contributed by atoms with Gasteiger partial charge in [0.15, 0.2) is 5.54 Å². The van der Waals surface area contributed by atoms with Crippen LogP contribution in [-0.2, 0) is 9.53 Å². The van der Waals surface area contributed by atoms with Crippen molar-refractivity contribution >= 4 is 23.5 Å². The van der Waals surface area contributed by atoms with E-state index in [1.807, 2.05) is 54.6 Å². The molecule has 2 aromatic carbocycles. The quantitative estimate of drug-likeness (QED) is 0.596. The van der Waals surface area contributed by atoms with Crippen molar-refractivity contribution in [2.24, 2.45) is 16.8 Å². The van der Waals surface area contributed by atoms with Crippen molar-refractivity contribution < 1.29 is 9.53 Å². The standard InChI is InChI=1S/C21H16ClNO2/c22-17-10-7-13(8-11-17)18-15-6-9-16(12-15)21(18)20(24)25-19(23-21)14-4-2-1-3-5-14/h1-11,15-16,18H,12H2/t15-,16+,18-,21+/m0/s1. The highest BCUT2D eigenvalue weighted by Crippen LogP contribution is 2.59. The van der Waals surface area contributed by atoms with Gasteiger partial charge in [0.2, 0.25) is 5.90 Å². The molecule has 1 heterocycles. The summed E-state index contributed by atoms with van der Waals surface area (Å²) in [5.74, 6) is 0.589. The van der Waals surface area contributed by atoms with Gasteiger partial charge in [-0.05, 0) is 42.2 Å². The minimum absolute atomic E-state index is 0.00604. The number of rotatable bonds is 2. The van der Waals surface area contributed by atoms with Crippen LogP contribution in [-0.4, -0.2) is 17.4 Å². The second kappa shape index (κ2) is 5.30. The molecule has 0 radical (unpaired) electrons. The smallest absolute Gasteiger partial charge is 0.342 e. The van der Waals surface area contributed by atoms with Crippen molar-refractivity contribution in [3.05, 3.63) is 82.9 Å². The van der Waals surface area contributed by atoms with Gasteiger partial charge in [0.05, 0.1) is 0 Å². The average Bonchev–Trinajstić information content (AvgIpc) is 3.32. The molecule has 124 valence electrons. The zero-order valence-electron chi connectivity index (χ0n) is 13.4. The summed E-state index contributed by atoms with van der Waals surface area (Å²) in [7, 11) is 0. The normalized spacial score (nSPS) is 32.3. The van der Waals surface area contributed by atoms with Gasteiger partial charge in [-0.15, -0.1) is 0 Å². The molecule has 4 atom stereocenters. The monoisotopic (exact) mass is 349 g/mol. The number of fused-ring (bicyclic) bond motifs is 3. The fraction of sp³-hybridized carbons (Fsp3) is 0.238. The topological polar surface area (TPSA) is 38.7 Å². The molecule has 0 unspecified atom stereocenters. The van der Waals surface area contributed by atoms with Crippen molar-refractivity contribution in [2.45, 2.75) is 17.9 Å². The van der Waals surface area contributed by atoms with E-state index in [9.17, 15) is 4.79 Å². The summed E-state index contributed by atoms with van der Waals surface area (Å²) in [5.41, 5.74) is 1.09. The Morgan fingerprint density at radius 2 is 1.80 bits per heavy atom. The average molecular weight is 350 g/mol. The number of aliphatic imine (C=N–C) groups is 1. The second-order valence-corrected chi connectivity index (χ2v) is 7.35. The van der Waals surface area contributed by atoms with Crippen LogP contribution in [0.1, 0.15) is 23.5 Å². The Labute approximate surface area is 151 Å². The molecule has 0 N–H and O–H groups in total. The lowest BCUT2D eigenvalue weighted by Gasteiger charge is -2.32. The number of nitrogens with zero attached hydrogens (tertiary/aromatic N) is 1. The maximum absolute atomic E-state index is 13.0. The van der Waals surface area contributed by atoms with Crippen LogP contribution in [0.2, 0.25) is 5.02 Å². The van der Waals surface area contributed by atoms with E-state index in [1.165, 1.54) is 0 Å². The lowest BCUT2D eigenvalue weighted by atomic mass is 9.73. The number of hydrogen-bond acceptors (Lipinski definition) is 3. The zero-order valence-corrected chi connectivity index (χ0v) is 14.2. The third-order valence-electron chi connectivity index (χ3n) is 5.64. The molecule has 1 spiro atoms. The molecule has 3 aliphatic rings. The molecule has 25 heavy (non-hydrogen) atoms. The molecule has 0 aromatic heterocycles. The van der Waals surface area contributed by atoms with E-state index in [4.69, 9.17) is 21.3 Å². The van der Waals surface area contributed by atoms with E-state index in [0.717, 1.165) is 17.5 Å². The lowest BCUT2D eigenvalue weighted by Crippen LogP contribution is -2.44. The predicted octanol–water partition coefficient (Wildman–Crippen LogP) is 4.37. The number of ether oxygens (including phenoxy) is 1. The molecule has 5 rings (SSSR count). The molecule has 3 nitrogen and oxygen atoms in total. The van der Waals surface area contributed by atoms with Crippen LogP contribution in [0.25, 0.3) is 0 Å². The molecular formula is C21H16ClNO2. The van der Waals surface area contributed by atoms with Crippen LogP contribution >= 0.6 is 11.6 Å². The highest BCUT2D eigenvalue weighted by atomic mass is 35.5. The molecule has 1 aliphatic heterocycles. The Balaban J connectivity index is 1.65. The molecule has 1 fully saturated rings. The maximum Gasteiger partial charge on any atom is 0.342 e. The number of allylic oxidation sites excluding steroid dienone is 1. The third-order valence-corrected chi connectivity index (χ3v) is 5.89. The van der Waals surface area contributed by atoms with Crippen molar-refractivity contribution in [1.29, 1.82) is 0 Å². The van der Waals surface area contributed by atoms with Gasteiger partial charge in [-0.25, -0.2) is 9.79 Å². The van der Waals surface area contributed by atoms with Crippen LogP contribution in [0.3, 0.4) is 0 Å². The van der Waals surface area contributed by atoms with Gasteiger partial charge in [-0.3, -0.25) is 0 Å². The fourth-order valence-electron chi connectivity index (χ4n) is 4.57. The summed E-state index contributed by atoms with van der Waals surface area (Å²) in [5, 5.41) is 0.693. The Morgan fingerprint density at radius 1 is 1.04 bits per heavy atom. The molecular weight excluding hydrogens is 334 g/mol. The van der Waals surface area contributed by atoms with Crippen LogP contribution in [0, 0.1) is 11.8 Å². The summed E-state index contributed by atoms with van der Waals surface area (Å²) in [4.78, 5) is 17.9. The Bertz CT molecular complexity index is 903. The van der Waals surface area contributed by atoms with Gasteiger partial charge in [0, 0.05) is 22.4 Å². The number of hydrogen-bond donors (Lipinski definition) is 0. The van der Waals surface area contributed by atoms with Crippen molar-refractivity contribution in [2.75, 3.05) is 0 Å². The number of benzene rings is 2. The first-order valence-electron chi connectivity index (χ1n) is 8.50. The molecule has 1 saturated carbocycles. The van der Waals surface area contributed by atoms with Crippen molar-refractivity contribution in [1.82, 2.24) is 0 Å². The first kappa shape index (κ1) is 14.9. The number of carbonyl (C=O) groups is 1. The SMILES string of the molecule is O=C1OC(c2ccccc2)=N[C@@]12[C@@H]1C=C[C@@H](C1)[C@@H]2c1ccc(Cl)cc1. The molecule has 0 saturated heterocycles. The van der Waals surface area contributed by atoms with Crippen molar-refractivity contribution in [3.8, 4) is 0 Å². The van der Waals surface area contributed by atoms with Gasteiger partial charge in [-0.2, -0.15) is 0 Å². The number of halogens is 1. The van der Waals surface area contributed by atoms with Crippen LogP contribution in [0.15, 0.2) is 71.7 Å². The molecule has 2 aliphatic carbocycles. The Kier molecular flexibility index (Phi) is 3.16. The minimum atomic E-state index is -0.849. The van der Waals surface area contributed by atoms with Crippen LogP contribution in [0.5, 0.6) is 0 Å². The van der Waals surface area contributed by atoms with Gasteiger partial charge < -0.3 is 4.74 Å². The summed E-state index contributed by atoms with van der Waals surface area (Å²) >= 11 is 6.05. The van der Waals surface area contributed by atoms with E-state index >= 15 is 0 Å². The minimum Gasteiger partial charge on any atom is -0.405 e. The first-order chi connectivity index (χ1) is 12.2. The Hall–Kier alpha value is -2.39. The first-order valence-corrected chi connectivity index (χ1v) is 8.87. The highest BCUT2D eigenvalue weighted by Gasteiger charge is 2.65. The Morgan fingerprint density at radius 3 is 2.56 bits per heavy atom. The summed E-state index contributed by atoms with van der Waals surface area (Å²) in [6, 6.07) is 17.4. The van der Waals surface area contributed by atoms with E-state index < -0.39 is 5.54 Å². The highest BCUT2D eigenvalue weighted by molar-refractivity contribution is 6.30. The van der Waals surface area contributed by atoms with Crippen LogP contribution in [0.4, 0.5) is 0 Å². The lowest BCUT2D eigenvalue weighted by molar-refractivity contribution is -0.140. The van der Waals surface area contributed by atoms with Gasteiger partial charge in [0.1, 0.15) is 0 Å². The molecule has 2 bridgehead atoms. The van der Waals surface area contributed by atoms with E-state index in [0.29, 0.717) is 16.8 Å². The zero-order chi connectivity index (χ0) is 17.0. The van der Waals surface area contributed by atoms with E-state index in [1.54, 1.807) is 0 Å². The number of cyclic esters (lactones) is 1.